The highest BCUT2D eigenvalue weighted by molar-refractivity contribution is 6.32. The van der Waals surface area contributed by atoms with Gasteiger partial charge in [-0.3, -0.25) is 4.79 Å². The van der Waals surface area contributed by atoms with Crippen molar-refractivity contribution in [3.05, 3.63) is 63.6 Å². The topological polar surface area (TPSA) is 35.5 Å². The largest absolute Gasteiger partial charge is 0.460 e. The van der Waals surface area contributed by atoms with Crippen molar-refractivity contribution in [3.8, 4) is 5.75 Å². The van der Waals surface area contributed by atoms with Crippen LogP contribution >= 0.6 is 23.2 Å². The average Bonchev–Trinajstić information content (AvgIpc) is 2.57. The maximum Gasteiger partial charge on any atom is 0.387 e. The standard InChI is InChI=1S/C19H18Cl2F2O3/c1-11(2)17(13-4-6-14(20)7-5-13)18(24)25-10-12-3-8-15(21)16(9-12)26-19(22)23/h3-9,11,17,19H,10H2,1-2H3. The van der Waals surface area contributed by atoms with E-state index in [9.17, 15) is 13.6 Å². The fourth-order valence-electron chi connectivity index (χ4n) is 2.53. The van der Waals surface area contributed by atoms with Gasteiger partial charge in [-0.15, -0.1) is 0 Å². The van der Waals surface area contributed by atoms with E-state index in [2.05, 4.69) is 4.74 Å². The molecule has 0 saturated carbocycles. The van der Waals surface area contributed by atoms with Crippen molar-refractivity contribution < 1.29 is 23.0 Å². The Balaban J connectivity index is 2.09. The smallest absolute Gasteiger partial charge is 0.387 e. The molecule has 0 fully saturated rings. The molecule has 3 nitrogen and oxygen atoms in total. The van der Waals surface area contributed by atoms with Gasteiger partial charge in [0.25, 0.3) is 0 Å². The van der Waals surface area contributed by atoms with Crippen molar-refractivity contribution in [2.24, 2.45) is 5.92 Å². The predicted molar refractivity (Wildman–Crippen MR) is 96.9 cm³/mol. The summed E-state index contributed by atoms with van der Waals surface area (Å²) in [5, 5.41) is 0.638. The van der Waals surface area contributed by atoms with Crippen molar-refractivity contribution in [2.75, 3.05) is 0 Å². The third-order valence-electron chi connectivity index (χ3n) is 3.74. The minimum atomic E-state index is -2.99. The van der Waals surface area contributed by atoms with Crippen LogP contribution in [-0.2, 0) is 16.1 Å². The third-order valence-corrected chi connectivity index (χ3v) is 4.31. The first kappa shape index (κ1) is 20.5. The number of esters is 1. The van der Waals surface area contributed by atoms with E-state index < -0.39 is 18.5 Å². The lowest BCUT2D eigenvalue weighted by Gasteiger charge is -2.20. The zero-order valence-electron chi connectivity index (χ0n) is 14.2. The summed E-state index contributed by atoms with van der Waals surface area (Å²) >= 11 is 11.7. The van der Waals surface area contributed by atoms with Crippen LogP contribution in [0.4, 0.5) is 8.78 Å². The van der Waals surface area contributed by atoms with E-state index in [4.69, 9.17) is 27.9 Å². The number of rotatable bonds is 7. The first-order valence-corrected chi connectivity index (χ1v) is 8.69. The molecule has 2 aromatic carbocycles. The molecule has 0 radical (unpaired) electrons. The summed E-state index contributed by atoms with van der Waals surface area (Å²) in [6, 6.07) is 11.3. The van der Waals surface area contributed by atoms with Crippen molar-refractivity contribution in [1.82, 2.24) is 0 Å². The molecule has 0 N–H and O–H groups in total. The van der Waals surface area contributed by atoms with Crippen LogP contribution in [0.1, 0.15) is 30.9 Å². The van der Waals surface area contributed by atoms with Gasteiger partial charge in [-0.05, 0) is 41.3 Å². The first-order valence-electron chi connectivity index (χ1n) is 7.93. The molecule has 140 valence electrons. The Bertz CT molecular complexity index is 749. The molecule has 0 aliphatic heterocycles. The Labute approximate surface area is 160 Å². The van der Waals surface area contributed by atoms with Crippen LogP contribution in [0.15, 0.2) is 42.5 Å². The number of hydrogen-bond acceptors (Lipinski definition) is 3. The Morgan fingerprint density at radius 2 is 1.73 bits per heavy atom. The van der Waals surface area contributed by atoms with Crippen LogP contribution in [0.3, 0.4) is 0 Å². The molecule has 7 heteroatoms. The van der Waals surface area contributed by atoms with Gasteiger partial charge in [0, 0.05) is 5.02 Å². The van der Waals surface area contributed by atoms with Crippen LogP contribution in [-0.4, -0.2) is 12.6 Å². The van der Waals surface area contributed by atoms with E-state index in [0.29, 0.717) is 10.6 Å². The van der Waals surface area contributed by atoms with Crippen LogP contribution in [0.25, 0.3) is 0 Å². The maximum atomic E-state index is 12.5. The van der Waals surface area contributed by atoms with Gasteiger partial charge in [0.05, 0.1) is 10.9 Å². The number of hydrogen-bond donors (Lipinski definition) is 0. The number of ether oxygens (including phenoxy) is 2. The van der Waals surface area contributed by atoms with E-state index in [1.165, 1.54) is 12.1 Å². The zero-order chi connectivity index (χ0) is 19.3. The average molecular weight is 403 g/mol. The lowest BCUT2D eigenvalue weighted by molar-refractivity contribution is -0.148. The van der Waals surface area contributed by atoms with Crippen molar-refractivity contribution in [1.29, 1.82) is 0 Å². The van der Waals surface area contributed by atoms with Gasteiger partial charge in [-0.2, -0.15) is 8.78 Å². The number of alkyl halides is 2. The molecule has 0 amide bonds. The van der Waals surface area contributed by atoms with E-state index in [-0.39, 0.29) is 23.3 Å². The van der Waals surface area contributed by atoms with Crippen molar-refractivity contribution in [3.63, 3.8) is 0 Å². The summed E-state index contributed by atoms with van der Waals surface area (Å²) in [5.41, 5.74) is 1.30. The molecule has 0 aliphatic carbocycles. The molecular formula is C19H18Cl2F2O3. The van der Waals surface area contributed by atoms with Crippen LogP contribution in [0, 0.1) is 5.92 Å². The van der Waals surface area contributed by atoms with Gasteiger partial charge < -0.3 is 9.47 Å². The molecule has 0 aliphatic rings. The molecular weight excluding hydrogens is 385 g/mol. The number of halogens is 4. The highest BCUT2D eigenvalue weighted by atomic mass is 35.5. The Kier molecular flexibility index (Phi) is 7.23. The molecule has 0 aromatic heterocycles. The van der Waals surface area contributed by atoms with Gasteiger partial charge in [0.1, 0.15) is 12.4 Å². The van der Waals surface area contributed by atoms with Gasteiger partial charge in [0.2, 0.25) is 0 Å². The summed E-state index contributed by atoms with van der Waals surface area (Å²) in [6.07, 6.45) is 0. The lowest BCUT2D eigenvalue weighted by Crippen LogP contribution is -2.20. The summed E-state index contributed by atoms with van der Waals surface area (Å²) < 4.78 is 34.5. The van der Waals surface area contributed by atoms with E-state index >= 15 is 0 Å². The molecule has 0 heterocycles. The number of benzene rings is 2. The SMILES string of the molecule is CC(C)C(C(=O)OCc1ccc(Cl)c(OC(F)F)c1)c1ccc(Cl)cc1. The second-order valence-corrected chi connectivity index (χ2v) is 6.87. The van der Waals surface area contributed by atoms with Gasteiger partial charge >= 0.3 is 12.6 Å². The molecule has 26 heavy (non-hydrogen) atoms. The number of carbonyl (C=O) groups is 1. The minimum Gasteiger partial charge on any atom is -0.460 e. The van der Waals surface area contributed by atoms with Gasteiger partial charge in [-0.25, -0.2) is 0 Å². The van der Waals surface area contributed by atoms with E-state index in [1.807, 2.05) is 13.8 Å². The Morgan fingerprint density at radius 3 is 2.31 bits per heavy atom. The second-order valence-electron chi connectivity index (χ2n) is 6.02. The van der Waals surface area contributed by atoms with Crippen LogP contribution in [0.5, 0.6) is 5.75 Å². The molecule has 0 spiro atoms. The first-order chi connectivity index (χ1) is 12.3. The van der Waals surface area contributed by atoms with E-state index in [0.717, 1.165) is 5.56 Å². The molecule has 1 unspecified atom stereocenters. The highest BCUT2D eigenvalue weighted by Crippen LogP contribution is 2.29. The van der Waals surface area contributed by atoms with Crippen molar-refractivity contribution in [2.45, 2.75) is 33.0 Å². The summed E-state index contributed by atoms with van der Waals surface area (Å²) in [7, 11) is 0. The maximum absolute atomic E-state index is 12.5. The monoisotopic (exact) mass is 402 g/mol. The molecule has 0 saturated heterocycles. The molecule has 2 rings (SSSR count). The summed E-state index contributed by atoms with van der Waals surface area (Å²) in [6.45, 7) is 0.766. The molecule has 2 aromatic rings. The van der Waals surface area contributed by atoms with Gasteiger partial charge in [0.15, 0.2) is 0 Å². The Morgan fingerprint density at radius 1 is 1.08 bits per heavy atom. The van der Waals surface area contributed by atoms with Crippen molar-refractivity contribution >= 4 is 29.2 Å². The Hall–Kier alpha value is -1.85. The van der Waals surface area contributed by atoms with E-state index in [1.54, 1.807) is 30.3 Å². The zero-order valence-corrected chi connectivity index (χ0v) is 15.7. The number of carbonyl (C=O) groups excluding carboxylic acids is 1. The fraction of sp³-hybridized carbons (Fsp3) is 0.316. The predicted octanol–water partition coefficient (Wildman–Crippen LogP) is 6.08. The summed E-state index contributed by atoms with van der Waals surface area (Å²) in [5.74, 6) is -1.02. The molecule has 0 bridgehead atoms. The summed E-state index contributed by atoms with van der Waals surface area (Å²) in [4.78, 5) is 12.5. The second kappa shape index (κ2) is 9.19. The minimum absolute atomic E-state index is 0.00613. The highest BCUT2D eigenvalue weighted by Gasteiger charge is 2.26. The van der Waals surface area contributed by atoms with Gasteiger partial charge in [-0.1, -0.05) is 55.2 Å². The lowest BCUT2D eigenvalue weighted by atomic mass is 9.88. The quantitative estimate of drug-likeness (QED) is 0.526. The fourth-order valence-corrected chi connectivity index (χ4v) is 2.82. The van der Waals surface area contributed by atoms with Crippen LogP contribution in [0.2, 0.25) is 10.0 Å². The molecule has 1 atom stereocenters. The third kappa shape index (κ3) is 5.58. The normalized spacial score (nSPS) is 12.3. The van der Waals surface area contributed by atoms with Crippen LogP contribution < -0.4 is 4.74 Å².